The van der Waals surface area contributed by atoms with Gasteiger partial charge in [-0.1, -0.05) is 50.1 Å². The van der Waals surface area contributed by atoms with Gasteiger partial charge in [-0.05, 0) is 63.9 Å². The predicted molar refractivity (Wildman–Crippen MR) is 172 cm³/mol. The summed E-state index contributed by atoms with van der Waals surface area (Å²) in [5, 5.41) is 17.8. The van der Waals surface area contributed by atoms with E-state index in [0.717, 1.165) is 31.2 Å². The number of aliphatic carboxylic acids is 1. The lowest BCUT2D eigenvalue weighted by molar-refractivity contribution is -0.151. The molecular formula is C32H49N4O10P. The van der Waals surface area contributed by atoms with E-state index >= 15 is 0 Å². The van der Waals surface area contributed by atoms with Crippen LogP contribution < -0.4 is 16.0 Å². The van der Waals surface area contributed by atoms with E-state index in [2.05, 4.69) is 16.0 Å². The number of amides is 4. The molecule has 14 nitrogen and oxygen atoms in total. The summed E-state index contributed by atoms with van der Waals surface area (Å²) in [4.78, 5) is 63.3. The number of carboxylic acids is 1. The molecule has 3 rings (SSSR count). The number of hydrogen-bond donors (Lipinski definition) is 4. The van der Waals surface area contributed by atoms with E-state index in [1.54, 1.807) is 0 Å². The minimum Gasteiger partial charge on any atom is -0.480 e. The average Bonchev–Trinajstić information content (AvgIpc) is 3.80. The molecule has 1 heterocycles. The molecule has 1 saturated heterocycles. The molecule has 0 radical (unpaired) electrons. The van der Waals surface area contributed by atoms with Crippen LogP contribution in [0.1, 0.15) is 83.6 Å². The molecule has 2 fully saturated rings. The number of ether oxygens (including phenoxy) is 1. The molecule has 4 N–H and O–H groups in total. The highest BCUT2D eigenvalue weighted by atomic mass is 31.1. The molecule has 15 heteroatoms. The summed E-state index contributed by atoms with van der Waals surface area (Å²) >= 11 is 0. The Hall–Kier alpha value is -3.48. The Bertz CT molecular complexity index is 1220. The third-order valence-corrected chi connectivity index (χ3v) is 9.03. The molecule has 4 amide bonds. The highest BCUT2D eigenvalue weighted by molar-refractivity contribution is 7.33. The van der Waals surface area contributed by atoms with Crippen molar-refractivity contribution in [1.29, 1.82) is 0 Å². The van der Waals surface area contributed by atoms with Crippen molar-refractivity contribution < 1.29 is 47.4 Å². The Balaban J connectivity index is 1.46. The van der Waals surface area contributed by atoms with Gasteiger partial charge in [0, 0.05) is 19.0 Å². The molecule has 2 unspecified atom stereocenters. The van der Waals surface area contributed by atoms with E-state index in [1.165, 1.54) is 11.8 Å². The lowest BCUT2D eigenvalue weighted by Gasteiger charge is -2.25. The number of nitrogens with one attached hydrogen (secondary N) is 3. The maximum absolute atomic E-state index is 13.4. The van der Waals surface area contributed by atoms with E-state index in [0.29, 0.717) is 45.1 Å². The van der Waals surface area contributed by atoms with Crippen molar-refractivity contribution in [2.75, 3.05) is 19.7 Å². The van der Waals surface area contributed by atoms with E-state index in [9.17, 15) is 33.6 Å². The number of likely N-dealkylation sites (tertiary alicyclic amines) is 1. The Morgan fingerprint density at radius 1 is 1.02 bits per heavy atom. The average molecular weight is 681 g/mol. The Kier molecular flexibility index (Phi) is 16.2. The molecular weight excluding hydrogens is 631 g/mol. The van der Waals surface area contributed by atoms with E-state index in [-0.39, 0.29) is 31.6 Å². The quantitative estimate of drug-likeness (QED) is 0.110. The summed E-state index contributed by atoms with van der Waals surface area (Å²) in [6, 6.07) is 7.07. The fourth-order valence-electron chi connectivity index (χ4n) is 5.21. The Morgan fingerprint density at radius 2 is 1.77 bits per heavy atom. The van der Waals surface area contributed by atoms with Gasteiger partial charge in [0.05, 0.1) is 12.6 Å². The van der Waals surface area contributed by atoms with Crippen LogP contribution in [-0.2, 0) is 44.1 Å². The molecule has 1 aromatic rings. The molecule has 1 aliphatic heterocycles. The Labute approximate surface area is 276 Å². The van der Waals surface area contributed by atoms with Crippen LogP contribution >= 0.6 is 8.25 Å². The van der Waals surface area contributed by atoms with Gasteiger partial charge in [-0.15, -0.1) is 0 Å². The second kappa shape index (κ2) is 20.0. The van der Waals surface area contributed by atoms with E-state index < -0.39 is 56.4 Å². The van der Waals surface area contributed by atoms with Crippen LogP contribution in [0.15, 0.2) is 30.3 Å². The first-order valence-corrected chi connectivity index (χ1v) is 17.7. The summed E-state index contributed by atoms with van der Waals surface area (Å²) in [6.07, 6.45) is 4.35. The van der Waals surface area contributed by atoms with Crippen molar-refractivity contribution in [3.8, 4) is 0 Å². The number of unbranched alkanes of at least 4 members (excludes halogenated alkanes) is 2. The van der Waals surface area contributed by atoms with Crippen LogP contribution in [0.5, 0.6) is 0 Å². The van der Waals surface area contributed by atoms with E-state index in [4.69, 9.17) is 13.8 Å². The Morgan fingerprint density at radius 3 is 2.45 bits per heavy atom. The number of hydrogen-bond acceptors (Lipinski definition) is 9. The molecule has 1 saturated carbocycles. The zero-order chi connectivity index (χ0) is 34.2. The number of carboxylic acid groups (broad SMARTS) is 1. The molecule has 5 atom stereocenters. The van der Waals surface area contributed by atoms with Crippen LogP contribution in [0.25, 0.3) is 0 Å². The van der Waals surface area contributed by atoms with Gasteiger partial charge in [0.2, 0.25) is 11.8 Å². The van der Waals surface area contributed by atoms with Gasteiger partial charge in [0.1, 0.15) is 24.8 Å². The summed E-state index contributed by atoms with van der Waals surface area (Å²) in [5.41, 5.74) is 0.878. The highest BCUT2D eigenvalue weighted by Crippen LogP contribution is 2.30. The second-order valence-corrected chi connectivity index (χ2v) is 13.0. The van der Waals surface area contributed by atoms with Gasteiger partial charge in [0.15, 0.2) is 0 Å². The summed E-state index contributed by atoms with van der Waals surface area (Å²) in [5.74, 6) is -2.32. The molecule has 0 bridgehead atoms. The fourth-order valence-corrected chi connectivity index (χ4v) is 6.00. The largest absolute Gasteiger partial charge is 0.480 e. The third-order valence-electron chi connectivity index (χ3n) is 8.08. The standard InChI is InChI=1S/C32H49N4O10P/c1-3-4-13-25(21-45-47(43)46-22(2)30(39)36-19-10-15-27(36)31(40)41)34-29(38)26(35-28(37)24-16-17-24)14-8-9-18-33-32(42)44-20-23-11-6-5-7-12-23/h5-7,11-12,22,24-27,47H,3-4,8-10,13-21H2,1-2H3,(H,33,42)(H,34,38)(H,35,37)(H,40,41)/t22-,25?,26-,27-/m0/s1. The van der Waals surface area contributed by atoms with Gasteiger partial charge in [0.25, 0.3) is 5.91 Å². The number of benzene rings is 1. The van der Waals surface area contributed by atoms with Crippen LogP contribution in [0.3, 0.4) is 0 Å². The van der Waals surface area contributed by atoms with Crippen molar-refractivity contribution >= 4 is 38.0 Å². The highest BCUT2D eigenvalue weighted by Gasteiger charge is 2.37. The van der Waals surface area contributed by atoms with Crippen LogP contribution in [-0.4, -0.2) is 83.7 Å². The van der Waals surface area contributed by atoms with Crippen LogP contribution in [0.4, 0.5) is 4.79 Å². The van der Waals surface area contributed by atoms with Gasteiger partial charge in [-0.25, -0.2) is 9.59 Å². The first-order chi connectivity index (χ1) is 22.6. The lowest BCUT2D eigenvalue weighted by atomic mass is 10.1. The molecule has 2 aliphatic rings. The van der Waals surface area contributed by atoms with Gasteiger partial charge < -0.3 is 35.2 Å². The van der Waals surface area contributed by atoms with Crippen molar-refractivity contribution in [1.82, 2.24) is 20.9 Å². The number of alkyl carbamates (subject to hydrolysis) is 1. The topological polar surface area (TPSA) is 190 Å². The van der Waals surface area contributed by atoms with Gasteiger partial charge in [-0.2, -0.15) is 0 Å². The number of carbonyl (C=O) groups excluding carboxylic acids is 4. The van der Waals surface area contributed by atoms with Crippen molar-refractivity contribution in [3.05, 3.63) is 35.9 Å². The predicted octanol–water partition coefficient (Wildman–Crippen LogP) is 3.54. The summed E-state index contributed by atoms with van der Waals surface area (Å²) in [7, 11) is -3.15. The van der Waals surface area contributed by atoms with Gasteiger partial charge in [-0.3, -0.25) is 23.5 Å². The minimum absolute atomic E-state index is 0.0932. The smallest absolute Gasteiger partial charge is 0.407 e. The third kappa shape index (κ3) is 13.6. The second-order valence-electron chi connectivity index (χ2n) is 12.0. The molecule has 0 spiro atoms. The van der Waals surface area contributed by atoms with Crippen LogP contribution in [0.2, 0.25) is 0 Å². The summed E-state index contributed by atoms with van der Waals surface area (Å²) in [6.45, 7) is 4.05. The molecule has 1 aromatic carbocycles. The van der Waals surface area contributed by atoms with Crippen molar-refractivity contribution in [3.63, 3.8) is 0 Å². The molecule has 47 heavy (non-hydrogen) atoms. The molecule has 1 aliphatic carbocycles. The van der Waals surface area contributed by atoms with Gasteiger partial charge >= 0.3 is 20.3 Å². The van der Waals surface area contributed by atoms with Crippen LogP contribution in [0, 0.1) is 5.92 Å². The first kappa shape index (κ1) is 38.0. The lowest BCUT2D eigenvalue weighted by Crippen LogP contribution is -2.51. The fraction of sp³-hybridized carbons (Fsp3) is 0.656. The first-order valence-electron chi connectivity index (χ1n) is 16.5. The maximum Gasteiger partial charge on any atom is 0.407 e. The SMILES string of the molecule is CCCCC(CO[PH](=O)O[C@@H](C)C(=O)N1CCC[C@H]1C(=O)O)NC(=O)[C@H](CCCCNC(=O)OCc1ccccc1)NC(=O)C1CC1. The monoisotopic (exact) mass is 680 g/mol. The molecule has 262 valence electrons. The maximum atomic E-state index is 13.4. The van der Waals surface area contributed by atoms with Crippen molar-refractivity contribution in [2.24, 2.45) is 5.92 Å². The number of rotatable bonds is 21. The zero-order valence-electron chi connectivity index (χ0n) is 27.2. The minimum atomic E-state index is -3.15. The summed E-state index contributed by atoms with van der Waals surface area (Å²) < 4.78 is 28.6. The van der Waals surface area contributed by atoms with E-state index in [1.807, 2.05) is 37.3 Å². The number of nitrogens with zero attached hydrogens (tertiary/aromatic N) is 1. The normalized spacial score (nSPS) is 18.4. The zero-order valence-corrected chi connectivity index (χ0v) is 28.2. The number of carbonyl (C=O) groups is 5. The van der Waals surface area contributed by atoms with Crippen molar-refractivity contribution in [2.45, 2.75) is 109 Å². The molecule has 0 aromatic heterocycles.